The van der Waals surface area contributed by atoms with Crippen molar-refractivity contribution in [2.75, 3.05) is 26.3 Å². The first-order valence-electron chi connectivity index (χ1n) is 7.73. The van der Waals surface area contributed by atoms with Gasteiger partial charge in [-0.05, 0) is 56.0 Å². The van der Waals surface area contributed by atoms with Gasteiger partial charge >= 0.3 is 0 Å². The first-order chi connectivity index (χ1) is 10.6. The van der Waals surface area contributed by atoms with Gasteiger partial charge in [-0.1, -0.05) is 0 Å². The van der Waals surface area contributed by atoms with Crippen molar-refractivity contribution >= 4 is 18.3 Å². The molecule has 0 aliphatic carbocycles. The molecular weight excluding hydrogens is 326 g/mol. The molecule has 1 aromatic rings. The number of carbonyl (C=O) groups excluding carboxylic acids is 1. The third-order valence-electron chi connectivity index (χ3n) is 4.36. The monoisotopic (exact) mass is 346 g/mol. The predicted octanol–water partition coefficient (Wildman–Crippen LogP) is 2.37. The Hall–Kier alpha value is -1.24. The van der Waals surface area contributed by atoms with Crippen molar-refractivity contribution < 1.29 is 18.3 Å². The van der Waals surface area contributed by atoms with Crippen LogP contribution in [0.1, 0.15) is 41.1 Å². The quantitative estimate of drug-likeness (QED) is 0.883. The molecule has 0 radical (unpaired) electrons. The first-order valence-corrected chi connectivity index (χ1v) is 7.73. The molecule has 7 heteroatoms. The van der Waals surface area contributed by atoms with Gasteiger partial charge in [-0.2, -0.15) is 0 Å². The number of carbonyl (C=O) groups is 1. The summed E-state index contributed by atoms with van der Waals surface area (Å²) < 4.78 is 33.2. The van der Waals surface area contributed by atoms with E-state index in [1.54, 1.807) is 0 Å². The molecule has 2 N–H and O–H groups in total. The van der Waals surface area contributed by atoms with E-state index in [1.807, 2.05) is 0 Å². The zero-order valence-electron chi connectivity index (χ0n) is 12.7. The van der Waals surface area contributed by atoms with Gasteiger partial charge in [0, 0.05) is 12.2 Å². The van der Waals surface area contributed by atoms with Gasteiger partial charge in [-0.15, -0.1) is 12.4 Å². The molecule has 128 valence electrons. The molecule has 1 atom stereocenters. The normalized spacial score (nSPS) is 21.7. The van der Waals surface area contributed by atoms with Gasteiger partial charge in [-0.3, -0.25) is 4.79 Å². The molecule has 1 aromatic carbocycles. The molecule has 2 fully saturated rings. The summed E-state index contributed by atoms with van der Waals surface area (Å²) in [6.07, 6.45) is 2.24. The van der Waals surface area contributed by atoms with Crippen LogP contribution in [0.3, 0.4) is 0 Å². The van der Waals surface area contributed by atoms with Gasteiger partial charge < -0.3 is 15.4 Å². The van der Waals surface area contributed by atoms with Crippen molar-refractivity contribution in [3.63, 3.8) is 0 Å². The summed E-state index contributed by atoms with van der Waals surface area (Å²) in [5, 5.41) is 6.00. The van der Waals surface area contributed by atoms with Crippen molar-refractivity contribution in [2.45, 2.75) is 31.2 Å². The molecule has 0 saturated carbocycles. The molecule has 2 aliphatic rings. The Morgan fingerprint density at radius 2 is 1.96 bits per heavy atom. The molecule has 3 rings (SSSR count). The smallest absolute Gasteiger partial charge is 0.251 e. The average molecular weight is 347 g/mol. The second-order valence-corrected chi connectivity index (χ2v) is 5.92. The average Bonchev–Trinajstić information content (AvgIpc) is 3.03. The lowest BCUT2D eigenvalue weighted by molar-refractivity contribution is 0.0929. The lowest BCUT2D eigenvalue weighted by Gasteiger charge is -2.24. The second-order valence-electron chi connectivity index (χ2n) is 5.92. The fourth-order valence-electron chi connectivity index (χ4n) is 3.09. The molecule has 1 unspecified atom stereocenters. The highest BCUT2D eigenvalue weighted by atomic mass is 35.5. The number of ether oxygens (including phenoxy) is 1. The molecule has 0 aromatic heterocycles. The standard InChI is InChI=1S/C16H20F2N2O2.ClH/c17-14-8-11(16(21)20-12-3-6-22-9-12)7-13(15(14)18)10-1-4-19-5-2-10;/h7-8,10,12,19H,1-6,9H2,(H,20,21);1H. The van der Waals surface area contributed by atoms with Crippen molar-refractivity contribution in [1.29, 1.82) is 0 Å². The van der Waals surface area contributed by atoms with Crippen molar-refractivity contribution in [3.8, 4) is 0 Å². The van der Waals surface area contributed by atoms with Gasteiger partial charge in [-0.25, -0.2) is 8.78 Å². The van der Waals surface area contributed by atoms with Gasteiger partial charge in [0.05, 0.1) is 12.6 Å². The molecule has 2 aliphatic heterocycles. The maximum Gasteiger partial charge on any atom is 0.251 e. The van der Waals surface area contributed by atoms with Crippen LogP contribution in [-0.2, 0) is 4.74 Å². The Labute approximate surface area is 140 Å². The summed E-state index contributed by atoms with van der Waals surface area (Å²) >= 11 is 0. The molecule has 2 heterocycles. The van der Waals surface area contributed by atoms with E-state index < -0.39 is 11.6 Å². The number of nitrogens with one attached hydrogen (secondary N) is 2. The van der Waals surface area contributed by atoms with E-state index in [9.17, 15) is 13.6 Å². The fraction of sp³-hybridized carbons (Fsp3) is 0.562. The summed E-state index contributed by atoms with van der Waals surface area (Å²) in [6.45, 7) is 2.64. The maximum absolute atomic E-state index is 14.1. The molecule has 1 amide bonds. The van der Waals surface area contributed by atoms with E-state index in [4.69, 9.17) is 4.74 Å². The summed E-state index contributed by atoms with van der Waals surface area (Å²) in [4.78, 5) is 12.2. The second kappa shape index (κ2) is 8.04. The third kappa shape index (κ3) is 4.19. The van der Waals surface area contributed by atoms with Crippen LogP contribution in [0.25, 0.3) is 0 Å². The summed E-state index contributed by atoms with van der Waals surface area (Å²) in [5.41, 5.74) is 0.494. The van der Waals surface area contributed by atoms with E-state index in [-0.39, 0.29) is 35.8 Å². The van der Waals surface area contributed by atoms with Crippen LogP contribution >= 0.6 is 12.4 Å². The Balaban J connectivity index is 0.00000192. The number of hydrogen-bond acceptors (Lipinski definition) is 3. The van der Waals surface area contributed by atoms with Crippen molar-refractivity contribution in [2.24, 2.45) is 0 Å². The van der Waals surface area contributed by atoms with Crippen LogP contribution in [-0.4, -0.2) is 38.3 Å². The molecular formula is C16H21ClF2N2O2. The zero-order valence-corrected chi connectivity index (χ0v) is 13.6. The number of halogens is 3. The molecule has 4 nitrogen and oxygen atoms in total. The van der Waals surface area contributed by atoms with E-state index in [0.29, 0.717) is 18.8 Å². The van der Waals surface area contributed by atoms with Gasteiger partial charge in [0.15, 0.2) is 11.6 Å². The van der Waals surface area contributed by atoms with Crippen LogP contribution in [0.15, 0.2) is 12.1 Å². The number of piperidine rings is 1. The van der Waals surface area contributed by atoms with Crippen molar-refractivity contribution in [1.82, 2.24) is 10.6 Å². The topological polar surface area (TPSA) is 50.4 Å². The zero-order chi connectivity index (χ0) is 15.5. The number of rotatable bonds is 3. The van der Waals surface area contributed by atoms with Gasteiger partial charge in [0.2, 0.25) is 0 Å². The van der Waals surface area contributed by atoms with Gasteiger partial charge in [0.25, 0.3) is 5.91 Å². The highest BCUT2D eigenvalue weighted by Gasteiger charge is 2.24. The summed E-state index contributed by atoms with van der Waals surface area (Å²) in [5.74, 6) is -2.19. The van der Waals surface area contributed by atoms with Crippen LogP contribution in [0.5, 0.6) is 0 Å². The third-order valence-corrected chi connectivity index (χ3v) is 4.36. The minimum atomic E-state index is -0.955. The molecule has 0 spiro atoms. The first kappa shape index (κ1) is 18.1. The predicted molar refractivity (Wildman–Crippen MR) is 85.1 cm³/mol. The highest BCUT2D eigenvalue weighted by molar-refractivity contribution is 5.94. The summed E-state index contributed by atoms with van der Waals surface area (Å²) in [6, 6.07) is 2.42. The van der Waals surface area contributed by atoms with E-state index >= 15 is 0 Å². The van der Waals surface area contributed by atoms with E-state index in [1.165, 1.54) is 6.07 Å². The minimum absolute atomic E-state index is 0. The fourth-order valence-corrected chi connectivity index (χ4v) is 3.09. The van der Waals surface area contributed by atoms with Crippen molar-refractivity contribution in [3.05, 3.63) is 34.9 Å². The lowest BCUT2D eigenvalue weighted by atomic mass is 9.88. The number of hydrogen-bond donors (Lipinski definition) is 2. The largest absolute Gasteiger partial charge is 0.379 e. The van der Waals surface area contributed by atoms with Crippen LogP contribution in [0, 0.1) is 11.6 Å². The summed E-state index contributed by atoms with van der Waals surface area (Å²) in [7, 11) is 0. The van der Waals surface area contributed by atoms with Crippen LogP contribution in [0.2, 0.25) is 0 Å². The number of amides is 1. The van der Waals surface area contributed by atoms with Crippen LogP contribution < -0.4 is 10.6 Å². The SMILES string of the molecule is Cl.O=C(NC1CCOC1)c1cc(F)c(F)c(C2CCNCC2)c1. The Morgan fingerprint density at radius 3 is 2.61 bits per heavy atom. The molecule has 0 bridgehead atoms. The Bertz CT molecular complexity index is 559. The highest BCUT2D eigenvalue weighted by Crippen LogP contribution is 2.29. The van der Waals surface area contributed by atoms with E-state index in [0.717, 1.165) is 38.4 Å². The Morgan fingerprint density at radius 1 is 1.22 bits per heavy atom. The van der Waals surface area contributed by atoms with Crippen LogP contribution in [0.4, 0.5) is 8.78 Å². The number of benzene rings is 1. The maximum atomic E-state index is 14.1. The Kier molecular flexibility index (Phi) is 6.33. The minimum Gasteiger partial charge on any atom is -0.379 e. The van der Waals surface area contributed by atoms with E-state index in [2.05, 4.69) is 10.6 Å². The molecule has 23 heavy (non-hydrogen) atoms. The van der Waals surface area contributed by atoms with Gasteiger partial charge in [0.1, 0.15) is 0 Å². The lowest BCUT2D eigenvalue weighted by Crippen LogP contribution is -2.35. The molecule has 2 saturated heterocycles.